The lowest BCUT2D eigenvalue weighted by Crippen LogP contribution is -2.46. The van der Waals surface area contributed by atoms with Crippen molar-refractivity contribution in [2.24, 2.45) is 10.9 Å². The second-order valence-corrected chi connectivity index (χ2v) is 6.65. The van der Waals surface area contributed by atoms with Gasteiger partial charge in [-0.2, -0.15) is 0 Å². The SMILES string of the molecule is CN=C(NCCC(=O)N(C)Cc1ccccc1)N1CCCC(C)C1. The van der Waals surface area contributed by atoms with Crippen LogP contribution >= 0.6 is 0 Å². The summed E-state index contributed by atoms with van der Waals surface area (Å²) in [6.45, 7) is 5.64. The van der Waals surface area contributed by atoms with E-state index >= 15 is 0 Å². The Morgan fingerprint density at radius 3 is 2.79 bits per heavy atom. The van der Waals surface area contributed by atoms with E-state index in [1.54, 1.807) is 4.90 Å². The van der Waals surface area contributed by atoms with Crippen LogP contribution < -0.4 is 5.32 Å². The standard InChI is InChI=1S/C19H30N4O/c1-16-8-7-13-23(14-16)19(20-2)21-12-11-18(24)22(3)15-17-9-5-4-6-10-17/h4-6,9-10,16H,7-8,11-15H2,1-3H3,(H,20,21). The molecular weight excluding hydrogens is 300 g/mol. The third kappa shape index (κ3) is 5.55. The molecule has 1 fully saturated rings. The van der Waals surface area contributed by atoms with Crippen molar-refractivity contribution in [3.05, 3.63) is 35.9 Å². The smallest absolute Gasteiger partial charge is 0.224 e. The van der Waals surface area contributed by atoms with Gasteiger partial charge in [0.1, 0.15) is 0 Å². The van der Waals surface area contributed by atoms with Crippen molar-refractivity contribution in [2.45, 2.75) is 32.7 Å². The minimum atomic E-state index is 0.147. The Labute approximate surface area is 145 Å². The lowest BCUT2D eigenvalue weighted by atomic mass is 10.0. The van der Waals surface area contributed by atoms with Crippen LogP contribution in [0, 0.1) is 5.92 Å². The first kappa shape index (κ1) is 18.3. The normalized spacial score (nSPS) is 18.4. The molecule has 0 aliphatic carbocycles. The molecule has 1 atom stereocenters. The van der Waals surface area contributed by atoms with E-state index in [1.807, 2.05) is 44.4 Å². The molecule has 1 heterocycles. The second-order valence-electron chi connectivity index (χ2n) is 6.65. The number of piperidine rings is 1. The van der Waals surface area contributed by atoms with Crippen molar-refractivity contribution in [3.63, 3.8) is 0 Å². The molecule has 0 saturated carbocycles. The summed E-state index contributed by atoms with van der Waals surface area (Å²) < 4.78 is 0. The predicted octanol–water partition coefficient (Wildman–Crippen LogP) is 2.34. The van der Waals surface area contributed by atoms with Gasteiger partial charge in [-0.25, -0.2) is 0 Å². The molecule has 132 valence electrons. The number of aliphatic imine (C=N–C) groups is 1. The number of nitrogens with zero attached hydrogens (tertiary/aromatic N) is 3. The number of nitrogens with one attached hydrogen (secondary N) is 1. The van der Waals surface area contributed by atoms with Gasteiger partial charge >= 0.3 is 0 Å². The fourth-order valence-corrected chi connectivity index (χ4v) is 3.13. The van der Waals surface area contributed by atoms with Crippen LogP contribution in [0.15, 0.2) is 35.3 Å². The molecule has 1 aliphatic rings. The number of hydrogen-bond donors (Lipinski definition) is 1. The van der Waals surface area contributed by atoms with Gasteiger partial charge in [0.25, 0.3) is 0 Å². The van der Waals surface area contributed by atoms with E-state index in [1.165, 1.54) is 12.8 Å². The summed E-state index contributed by atoms with van der Waals surface area (Å²) >= 11 is 0. The summed E-state index contributed by atoms with van der Waals surface area (Å²) in [7, 11) is 3.67. The third-order valence-electron chi connectivity index (χ3n) is 4.48. The van der Waals surface area contributed by atoms with Gasteiger partial charge in [-0.05, 0) is 24.3 Å². The van der Waals surface area contributed by atoms with Crippen molar-refractivity contribution in [1.29, 1.82) is 0 Å². The topological polar surface area (TPSA) is 47.9 Å². The Kier molecular flexibility index (Phi) is 7.09. The van der Waals surface area contributed by atoms with E-state index in [4.69, 9.17) is 0 Å². The van der Waals surface area contributed by atoms with Crippen molar-refractivity contribution >= 4 is 11.9 Å². The molecule has 0 radical (unpaired) electrons. The Morgan fingerprint density at radius 1 is 1.38 bits per heavy atom. The summed E-state index contributed by atoms with van der Waals surface area (Å²) in [5.74, 6) is 1.77. The molecule has 1 aromatic rings. The minimum absolute atomic E-state index is 0.147. The van der Waals surface area contributed by atoms with E-state index in [9.17, 15) is 4.79 Å². The lowest BCUT2D eigenvalue weighted by Gasteiger charge is -2.33. The number of carbonyl (C=O) groups is 1. The molecule has 1 aromatic carbocycles. The summed E-state index contributed by atoms with van der Waals surface area (Å²) in [6, 6.07) is 10.1. The first-order chi connectivity index (χ1) is 11.6. The zero-order chi connectivity index (χ0) is 17.4. The van der Waals surface area contributed by atoms with Gasteiger partial charge in [-0.1, -0.05) is 37.3 Å². The number of hydrogen-bond acceptors (Lipinski definition) is 2. The molecule has 1 N–H and O–H groups in total. The highest BCUT2D eigenvalue weighted by atomic mass is 16.2. The van der Waals surface area contributed by atoms with E-state index in [0.29, 0.717) is 25.4 Å². The van der Waals surface area contributed by atoms with Crippen molar-refractivity contribution in [3.8, 4) is 0 Å². The van der Waals surface area contributed by atoms with E-state index in [-0.39, 0.29) is 5.91 Å². The van der Waals surface area contributed by atoms with Gasteiger partial charge < -0.3 is 15.1 Å². The number of rotatable bonds is 5. The predicted molar refractivity (Wildman–Crippen MR) is 98.9 cm³/mol. The molecule has 0 spiro atoms. The van der Waals surface area contributed by atoms with Gasteiger partial charge in [0.05, 0.1) is 0 Å². The van der Waals surface area contributed by atoms with Crippen LogP contribution in [0.4, 0.5) is 0 Å². The maximum Gasteiger partial charge on any atom is 0.224 e. The highest BCUT2D eigenvalue weighted by Crippen LogP contribution is 2.15. The van der Waals surface area contributed by atoms with Crippen LogP contribution in [0.2, 0.25) is 0 Å². The first-order valence-corrected chi connectivity index (χ1v) is 8.83. The summed E-state index contributed by atoms with van der Waals surface area (Å²) in [6.07, 6.45) is 2.97. The van der Waals surface area contributed by atoms with Crippen molar-refractivity contribution in [1.82, 2.24) is 15.1 Å². The Balaban J connectivity index is 1.74. The molecule has 5 nitrogen and oxygen atoms in total. The number of amides is 1. The number of benzene rings is 1. The zero-order valence-electron chi connectivity index (χ0n) is 15.2. The molecule has 1 aliphatic heterocycles. The highest BCUT2D eigenvalue weighted by Gasteiger charge is 2.19. The van der Waals surface area contributed by atoms with Crippen LogP contribution in [0.5, 0.6) is 0 Å². The number of guanidine groups is 1. The quantitative estimate of drug-likeness (QED) is 0.666. The van der Waals surface area contributed by atoms with E-state index in [0.717, 1.165) is 24.6 Å². The van der Waals surface area contributed by atoms with Gasteiger partial charge in [-0.15, -0.1) is 0 Å². The van der Waals surface area contributed by atoms with E-state index in [2.05, 4.69) is 22.1 Å². The molecule has 5 heteroatoms. The van der Waals surface area contributed by atoms with Gasteiger partial charge in [0.15, 0.2) is 5.96 Å². The fraction of sp³-hybridized carbons (Fsp3) is 0.579. The number of likely N-dealkylation sites (tertiary alicyclic amines) is 1. The van der Waals surface area contributed by atoms with Gasteiger partial charge in [0, 0.05) is 46.7 Å². The molecule has 1 amide bonds. The molecule has 0 bridgehead atoms. The maximum atomic E-state index is 12.3. The lowest BCUT2D eigenvalue weighted by molar-refractivity contribution is -0.130. The number of carbonyl (C=O) groups excluding carboxylic acids is 1. The van der Waals surface area contributed by atoms with Crippen LogP contribution in [0.3, 0.4) is 0 Å². The van der Waals surface area contributed by atoms with Crippen LogP contribution in [-0.2, 0) is 11.3 Å². The summed E-state index contributed by atoms with van der Waals surface area (Å²) in [4.78, 5) is 20.7. The van der Waals surface area contributed by atoms with Crippen LogP contribution in [-0.4, -0.2) is 55.4 Å². The van der Waals surface area contributed by atoms with Crippen molar-refractivity contribution in [2.75, 3.05) is 33.7 Å². The molecule has 1 unspecified atom stereocenters. The highest BCUT2D eigenvalue weighted by molar-refractivity contribution is 5.81. The maximum absolute atomic E-state index is 12.3. The Hall–Kier alpha value is -2.04. The van der Waals surface area contributed by atoms with E-state index < -0.39 is 0 Å². The summed E-state index contributed by atoms with van der Waals surface area (Å²) in [5.41, 5.74) is 1.15. The Bertz CT molecular complexity index is 544. The largest absolute Gasteiger partial charge is 0.356 e. The first-order valence-electron chi connectivity index (χ1n) is 8.83. The van der Waals surface area contributed by atoms with Gasteiger partial charge in [0.2, 0.25) is 5.91 Å². The molecule has 24 heavy (non-hydrogen) atoms. The molecule has 2 rings (SSSR count). The zero-order valence-corrected chi connectivity index (χ0v) is 15.2. The molecule has 0 aromatic heterocycles. The summed E-state index contributed by atoms with van der Waals surface area (Å²) in [5, 5.41) is 3.34. The van der Waals surface area contributed by atoms with Crippen molar-refractivity contribution < 1.29 is 4.79 Å². The van der Waals surface area contributed by atoms with Crippen LogP contribution in [0.1, 0.15) is 31.7 Å². The Morgan fingerprint density at radius 2 is 2.12 bits per heavy atom. The third-order valence-corrected chi connectivity index (χ3v) is 4.48. The average Bonchev–Trinajstić information content (AvgIpc) is 2.59. The fourth-order valence-electron chi connectivity index (χ4n) is 3.13. The second kappa shape index (κ2) is 9.30. The minimum Gasteiger partial charge on any atom is -0.356 e. The molecular formula is C19H30N4O. The monoisotopic (exact) mass is 330 g/mol. The average molecular weight is 330 g/mol. The molecule has 1 saturated heterocycles. The van der Waals surface area contributed by atoms with Crippen LogP contribution in [0.25, 0.3) is 0 Å². The van der Waals surface area contributed by atoms with Gasteiger partial charge in [-0.3, -0.25) is 9.79 Å².